The van der Waals surface area contributed by atoms with Gasteiger partial charge in [-0.15, -0.1) is 0 Å². The fourth-order valence-electron chi connectivity index (χ4n) is 1.86. The maximum Gasteiger partial charge on any atom is 0.314 e. The molecule has 0 fully saturated rings. The maximum atomic E-state index is 11.6. The van der Waals surface area contributed by atoms with Gasteiger partial charge in [0.25, 0.3) is 0 Å². The normalized spacial score (nSPS) is 19.5. The minimum Gasteiger partial charge on any atom is -0.469 e. The predicted octanol–water partition coefficient (Wildman–Crippen LogP) is 1.81. The van der Waals surface area contributed by atoms with Crippen LogP contribution in [0, 0.1) is 0 Å². The van der Waals surface area contributed by atoms with Crippen LogP contribution in [0.25, 0.3) is 0 Å². The third-order valence-electron chi connectivity index (χ3n) is 2.63. The second-order valence-corrected chi connectivity index (χ2v) is 4.47. The van der Waals surface area contributed by atoms with Gasteiger partial charge in [-0.2, -0.15) is 0 Å². The van der Waals surface area contributed by atoms with E-state index in [1.165, 1.54) is 12.7 Å². The number of fused-ring (bicyclic) bond motifs is 1. The lowest BCUT2D eigenvalue weighted by Gasteiger charge is -2.24. The van der Waals surface area contributed by atoms with E-state index in [0.29, 0.717) is 6.54 Å². The maximum absolute atomic E-state index is 11.6. The molecule has 0 spiro atoms. The van der Waals surface area contributed by atoms with Gasteiger partial charge in [-0.25, -0.2) is 0 Å². The Hall–Kier alpha value is -0.870. The summed E-state index contributed by atoms with van der Waals surface area (Å²) in [5.74, 6) is -0.363. The highest BCUT2D eigenvalue weighted by molar-refractivity contribution is 9.10. The molecule has 15 heavy (non-hydrogen) atoms. The molecular weight excluding hydrogens is 258 g/mol. The van der Waals surface area contributed by atoms with Gasteiger partial charge in [0, 0.05) is 17.6 Å². The first kappa shape index (κ1) is 10.6. The number of methoxy groups -OCH3 is 1. The molecule has 2 rings (SSSR count). The highest BCUT2D eigenvalue weighted by Gasteiger charge is 2.26. The van der Waals surface area contributed by atoms with Crippen LogP contribution in [0.1, 0.15) is 17.0 Å². The van der Waals surface area contributed by atoms with Crippen LogP contribution in [0.15, 0.2) is 22.7 Å². The molecule has 3 nitrogen and oxygen atoms in total. The Morgan fingerprint density at radius 3 is 3.13 bits per heavy atom. The van der Waals surface area contributed by atoms with Crippen molar-refractivity contribution in [1.82, 2.24) is 5.32 Å². The molecule has 1 aliphatic rings. The number of rotatable bonds is 1. The van der Waals surface area contributed by atoms with Gasteiger partial charge in [0.05, 0.1) is 13.0 Å². The van der Waals surface area contributed by atoms with E-state index >= 15 is 0 Å². The largest absolute Gasteiger partial charge is 0.469 e. The van der Waals surface area contributed by atoms with Crippen molar-refractivity contribution in [2.24, 2.45) is 0 Å². The Kier molecular flexibility index (Phi) is 3.07. The summed E-state index contributed by atoms with van der Waals surface area (Å²) in [5, 5.41) is 3.21. The summed E-state index contributed by atoms with van der Waals surface area (Å²) >= 11 is 3.42. The van der Waals surface area contributed by atoms with Gasteiger partial charge in [-0.1, -0.05) is 22.0 Å². The predicted molar refractivity (Wildman–Crippen MR) is 60.6 cm³/mol. The Morgan fingerprint density at radius 1 is 1.60 bits per heavy atom. The van der Waals surface area contributed by atoms with E-state index in [-0.39, 0.29) is 11.9 Å². The number of halogens is 1. The molecule has 4 heteroatoms. The average Bonchev–Trinajstić information content (AvgIpc) is 2.27. The van der Waals surface area contributed by atoms with E-state index in [9.17, 15) is 4.79 Å². The number of benzene rings is 1. The fourth-order valence-corrected chi connectivity index (χ4v) is 2.24. The van der Waals surface area contributed by atoms with Crippen LogP contribution in [-0.4, -0.2) is 19.6 Å². The van der Waals surface area contributed by atoms with Gasteiger partial charge in [0.2, 0.25) is 0 Å². The minimum absolute atomic E-state index is 0.179. The highest BCUT2D eigenvalue weighted by Crippen LogP contribution is 2.27. The summed E-state index contributed by atoms with van der Waals surface area (Å²) in [6, 6.07) is 6.01. The van der Waals surface area contributed by atoms with E-state index in [1.807, 2.05) is 18.2 Å². The second-order valence-electron chi connectivity index (χ2n) is 3.55. The van der Waals surface area contributed by atoms with E-state index in [2.05, 4.69) is 21.2 Å². The zero-order chi connectivity index (χ0) is 10.8. The summed E-state index contributed by atoms with van der Waals surface area (Å²) in [5.41, 5.74) is 2.23. The molecule has 1 heterocycles. The molecule has 1 unspecified atom stereocenters. The van der Waals surface area contributed by atoms with Crippen molar-refractivity contribution in [1.29, 1.82) is 0 Å². The first-order valence-electron chi connectivity index (χ1n) is 4.79. The fraction of sp³-hybridized carbons (Fsp3) is 0.364. The van der Waals surface area contributed by atoms with Crippen molar-refractivity contribution >= 4 is 21.9 Å². The lowest BCUT2D eigenvalue weighted by molar-refractivity contribution is -0.142. The zero-order valence-electron chi connectivity index (χ0n) is 8.42. The molecule has 1 aliphatic heterocycles. The highest BCUT2D eigenvalue weighted by atomic mass is 79.9. The van der Waals surface area contributed by atoms with Crippen LogP contribution in [0.4, 0.5) is 0 Å². The van der Waals surface area contributed by atoms with E-state index in [1.54, 1.807) is 0 Å². The summed E-state index contributed by atoms with van der Waals surface area (Å²) < 4.78 is 5.79. The topological polar surface area (TPSA) is 38.3 Å². The molecule has 0 aliphatic carbocycles. The van der Waals surface area contributed by atoms with Gasteiger partial charge in [0.15, 0.2) is 0 Å². The molecule has 0 aromatic heterocycles. The van der Waals surface area contributed by atoms with Gasteiger partial charge in [-0.3, -0.25) is 4.79 Å². The number of carbonyl (C=O) groups is 1. The Labute approximate surface area is 96.9 Å². The molecule has 0 saturated heterocycles. The van der Waals surface area contributed by atoms with Gasteiger partial charge < -0.3 is 10.1 Å². The molecule has 0 radical (unpaired) electrons. The molecule has 0 bridgehead atoms. The number of esters is 1. The standard InChI is InChI=1S/C11H12BrNO2/c1-15-11(14)10-6-13-5-7-2-3-8(12)4-9(7)10/h2-4,10,13H,5-6H2,1H3. The van der Waals surface area contributed by atoms with Gasteiger partial charge in [0.1, 0.15) is 0 Å². The van der Waals surface area contributed by atoms with Crippen LogP contribution in [0.3, 0.4) is 0 Å². The molecule has 0 amide bonds. The molecule has 1 N–H and O–H groups in total. The Bertz CT molecular complexity index is 392. The third-order valence-corrected chi connectivity index (χ3v) is 3.13. The second kappa shape index (κ2) is 4.33. The van der Waals surface area contributed by atoms with Crippen LogP contribution >= 0.6 is 15.9 Å². The third kappa shape index (κ3) is 2.06. The summed E-state index contributed by atoms with van der Waals surface area (Å²) in [6.45, 7) is 1.46. The minimum atomic E-state index is -0.184. The van der Waals surface area contributed by atoms with Crippen molar-refractivity contribution in [3.63, 3.8) is 0 Å². The molecule has 80 valence electrons. The van der Waals surface area contributed by atoms with Gasteiger partial charge in [-0.05, 0) is 23.3 Å². The average molecular weight is 270 g/mol. The van der Waals surface area contributed by atoms with Crippen molar-refractivity contribution < 1.29 is 9.53 Å². The smallest absolute Gasteiger partial charge is 0.314 e. The first-order chi connectivity index (χ1) is 7.22. The summed E-state index contributed by atoms with van der Waals surface area (Å²) in [7, 11) is 1.43. The Balaban J connectivity index is 2.40. The van der Waals surface area contributed by atoms with Crippen LogP contribution < -0.4 is 5.32 Å². The van der Waals surface area contributed by atoms with E-state index < -0.39 is 0 Å². The van der Waals surface area contributed by atoms with Crippen molar-refractivity contribution in [3.05, 3.63) is 33.8 Å². The van der Waals surface area contributed by atoms with E-state index in [4.69, 9.17) is 4.74 Å². The molecule has 1 atom stereocenters. The zero-order valence-corrected chi connectivity index (χ0v) is 10.0. The lowest BCUT2D eigenvalue weighted by atomic mass is 9.91. The molecular formula is C11H12BrNO2. The van der Waals surface area contributed by atoms with Crippen LogP contribution in [0.2, 0.25) is 0 Å². The summed E-state index contributed by atoms with van der Waals surface area (Å²) in [6.07, 6.45) is 0. The van der Waals surface area contributed by atoms with Crippen LogP contribution in [0.5, 0.6) is 0 Å². The van der Waals surface area contributed by atoms with Gasteiger partial charge >= 0.3 is 5.97 Å². The number of carbonyl (C=O) groups excluding carboxylic acids is 1. The number of nitrogens with one attached hydrogen (secondary N) is 1. The first-order valence-corrected chi connectivity index (χ1v) is 5.58. The van der Waals surface area contributed by atoms with Crippen molar-refractivity contribution in [2.75, 3.05) is 13.7 Å². The van der Waals surface area contributed by atoms with Crippen molar-refractivity contribution in [3.8, 4) is 0 Å². The monoisotopic (exact) mass is 269 g/mol. The number of ether oxygens (including phenoxy) is 1. The Morgan fingerprint density at radius 2 is 2.40 bits per heavy atom. The number of hydrogen-bond acceptors (Lipinski definition) is 3. The summed E-state index contributed by atoms with van der Waals surface area (Å²) in [4.78, 5) is 11.6. The lowest BCUT2D eigenvalue weighted by Crippen LogP contribution is -2.33. The van der Waals surface area contributed by atoms with Crippen molar-refractivity contribution in [2.45, 2.75) is 12.5 Å². The SMILES string of the molecule is COC(=O)C1CNCc2ccc(Br)cc21. The molecule has 1 aromatic carbocycles. The quantitative estimate of drug-likeness (QED) is 0.791. The van der Waals surface area contributed by atoms with Crippen LogP contribution in [-0.2, 0) is 16.1 Å². The molecule has 0 saturated carbocycles. The van der Waals surface area contributed by atoms with E-state index in [0.717, 1.165) is 16.6 Å². The molecule has 1 aromatic rings. The number of hydrogen-bond donors (Lipinski definition) is 1.